The third-order valence-corrected chi connectivity index (χ3v) is 9.32. The number of nitrogens with two attached hydrogens (primary N) is 2. The van der Waals surface area contributed by atoms with Crippen LogP contribution in [0.15, 0.2) is 65.7 Å². The number of guanidine groups is 1. The van der Waals surface area contributed by atoms with Gasteiger partial charge in [0.15, 0.2) is 40.8 Å². The fourth-order valence-electron chi connectivity index (χ4n) is 6.16. The van der Waals surface area contributed by atoms with Gasteiger partial charge in [0.1, 0.15) is 6.04 Å². The van der Waals surface area contributed by atoms with Crippen molar-refractivity contribution >= 4 is 47.2 Å². The highest BCUT2D eigenvalue weighted by molar-refractivity contribution is 5.96. The minimum atomic E-state index is -2.42. The van der Waals surface area contributed by atoms with Crippen LogP contribution in [-0.4, -0.2) is 82.1 Å². The molecule has 0 heterocycles. The van der Waals surface area contributed by atoms with Crippen molar-refractivity contribution < 1.29 is 65.7 Å². The van der Waals surface area contributed by atoms with Crippen LogP contribution < -0.4 is 27.4 Å². The van der Waals surface area contributed by atoms with Gasteiger partial charge in [0.2, 0.25) is 23.5 Å². The summed E-state index contributed by atoms with van der Waals surface area (Å²) in [7, 11) is 0. The lowest BCUT2D eigenvalue weighted by atomic mass is 9.89. The number of Topliss-reactive ketones (excluding diaryl/α,β-unsaturated/α-hetero) is 2. The van der Waals surface area contributed by atoms with Crippen LogP contribution in [0.25, 0.3) is 0 Å². The minimum Gasteiger partial charge on any atom is -0.481 e. The van der Waals surface area contributed by atoms with Gasteiger partial charge in [-0.2, -0.15) is 0 Å². The monoisotopic (exact) mass is 860 g/mol. The van der Waals surface area contributed by atoms with E-state index >= 15 is 0 Å². The Labute approximate surface area is 346 Å². The normalized spacial score (nSPS) is 12.9. The van der Waals surface area contributed by atoms with E-state index in [9.17, 15) is 60.6 Å². The Morgan fingerprint density at radius 3 is 1.69 bits per heavy atom. The Bertz CT molecular complexity index is 2060. The Kier molecular flexibility index (Phi) is 18.9. The van der Waals surface area contributed by atoms with Gasteiger partial charge in [-0.15, -0.1) is 0 Å². The van der Waals surface area contributed by atoms with Crippen LogP contribution in [0, 0.1) is 35.0 Å². The summed E-state index contributed by atoms with van der Waals surface area (Å²) in [4.78, 5) is 93.7. The maximum Gasteiger partial charge on any atom is 0.326 e. The van der Waals surface area contributed by atoms with Crippen LogP contribution in [0.2, 0.25) is 0 Å². The van der Waals surface area contributed by atoms with Crippen LogP contribution in [0.5, 0.6) is 0 Å². The smallest absolute Gasteiger partial charge is 0.326 e. The average Bonchev–Trinajstić information content (AvgIpc) is 3.22. The van der Waals surface area contributed by atoms with Crippen molar-refractivity contribution in [1.82, 2.24) is 16.0 Å². The van der Waals surface area contributed by atoms with Gasteiger partial charge in [0.25, 0.3) is 0 Å². The van der Waals surface area contributed by atoms with Gasteiger partial charge in [-0.1, -0.05) is 60.7 Å². The first kappa shape index (κ1) is 48.6. The number of carbonyl (C=O) groups is 7. The quantitative estimate of drug-likeness (QED) is 0.0163. The highest BCUT2D eigenvalue weighted by Gasteiger charge is 2.33. The number of ketones is 2. The van der Waals surface area contributed by atoms with Gasteiger partial charge in [0, 0.05) is 43.7 Å². The molecule has 4 atom stereocenters. The molecule has 0 saturated carbocycles. The van der Waals surface area contributed by atoms with Crippen molar-refractivity contribution in [3.63, 3.8) is 0 Å². The van der Waals surface area contributed by atoms with Crippen molar-refractivity contribution in [2.45, 2.75) is 82.3 Å². The molecule has 4 unspecified atom stereocenters. The Morgan fingerprint density at radius 2 is 1.15 bits per heavy atom. The first-order valence-electron chi connectivity index (χ1n) is 18.9. The van der Waals surface area contributed by atoms with Gasteiger partial charge in [0.05, 0.1) is 18.5 Å². The van der Waals surface area contributed by atoms with Crippen molar-refractivity contribution in [2.24, 2.45) is 22.4 Å². The van der Waals surface area contributed by atoms with E-state index in [4.69, 9.17) is 16.6 Å². The highest BCUT2D eigenvalue weighted by atomic mass is 19.2. The first-order valence-corrected chi connectivity index (χ1v) is 18.9. The van der Waals surface area contributed by atoms with E-state index in [1.807, 2.05) is 0 Å². The van der Waals surface area contributed by atoms with Crippen molar-refractivity contribution in [2.75, 3.05) is 6.54 Å². The highest BCUT2D eigenvalue weighted by Crippen LogP contribution is 2.24. The van der Waals surface area contributed by atoms with E-state index in [0.717, 1.165) is 0 Å². The number of nitrogens with one attached hydrogen (secondary N) is 3. The summed E-state index contributed by atoms with van der Waals surface area (Å²) in [6.07, 6.45) is -4.14. The number of benzene rings is 3. The predicted molar refractivity (Wildman–Crippen MR) is 208 cm³/mol. The molecule has 0 aliphatic carbocycles. The molecule has 15 nitrogen and oxygen atoms in total. The second-order valence-corrected chi connectivity index (χ2v) is 14.0. The van der Waals surface area contributed by atoms with E-state index in [1.54, 1.807) is 60.7 Å². The number of rotatable bonds is 25. The number of hydrogen-bond donors (Lipinski definition) is 7. The molecule has 3 aromatic rings. The zero-order chi connectivity index (χ0) is 45.2. The zero-order valence-corrected chi connectivity index (χ0v) is 32.6. The third kappa shape index (κ3) is 15.8. The number of halogens is 5. The Balaban J connectivity index is 1.88. The molecular formula is C41H45F5N6O9. The number of aliphatic imine (C=N–C) groups is 1. The molecular weight excluding hydrogens is 815 g/mol. The van der Waals surface area contributed by atoms with Crippen molar-refractivity contribution in [3.8, 4) is 0 Å². The van der Waals surface area contributed by atoms with E-state index < -0.39 is 138 Å². The van der Waals surface area contributed by atoms with Crippen molar-refractivity contribution in [3.05, 3.63) is 106 Å². The number of nitrogens with zero attached hydrogens (tertiary/aromatic N) is 1. The van der Waals surface area contributed by atoms with E-state index in [1.165, 1.54) is 0 Å². The summed E-state index contributed by atoms with van der Waals surface area (Å²) < 4.78 is 70.4. The van der Waals surface area contributed by atoms with Gasteiger partial charge < -0.3 is 37.6 Å². The Morgan fingerprint density at radius 1 is 0.607 bits per heavy atom. The summed E-state index contributed by atoms with van der Waals surface area (Å²) in [5.74, 6) is -20.0. The second-order valence-electron chi connectivity index (χ2n) is 14.0. The lowest BCUT2D eigenvalue weighted by molar-refractivity contribution is -0.143. The molecule has 0 aliphatic rings. The third-order valence-electron chi connectivity index (χ3n) is 9.32. The largest absolute Gasteiger partial charge is 0.481 e. The van der Waals surface area contributed by atoms with Gasteiger partial charge in [-0.3, -0.25) is 33.8 Å². The standard InChI is InChI=1S/C41H45F5N6O9/c42-34-25(35(43)37(45)38(46)36(34)44)21-32(56)51-28(19-23-10-5-2-6-11-23)30(54)20-24(18-22-8-3-1-4-9-22)39(59)52-26(12-7-17-49-41(47)48)29(53)14-15-31(55)50-27(40(60)61)13-16-33(57)58/h1-6,8-11,24,26-28H,7,12-21H2,(H,50,55)(H,51,56)(H,52,59)(H,57,58)(H,60,61)(H4,47,48,49). The molecule has 3 aromatic carbocycles. The summed E-state index contributed by atoms with van der Waals surface area (Å²) in [5, 5.41) is 25.4. The molecule has 3 amide bonds. The lowest BCUT2D eigenvalue weighted by Gasteiger charge is -2.24. The Hall–Kier alpha value is -6.73. The molecule has 9 N–H and O–H groups in total. The van der Waals surface area contributed by atoms with Gasteiger partial charge >= 0.3 is 11.9 Å². The zero-order valence-electron chi connectivity index (χ0n) is 32.6. The number of hydrogen-bond acceptors (Lipinski definition) is 8. The maximum absolute atomic E-state index is 14.5. The molecule has 328 valence electrons. The molecule has 20 heteroatoms. The fraction of sp³-hybridized carbons (Fsp3) is 0.366. The molecule has 3 rings (SSSR count). The van der Waals surface area contributed by atoms with Gasteiger partial charge in [-0.05, 0) is 43.2 Å². The minimum absolute atomic E-state index is 0.0319. The van der Waals surface area contributed by atoms with Crippen molar-refractivity contribution in [1.29, 1.82) is 0 Å². The number of carbonyl (C=O) groups excluding carboxylic acids is 5. The predicted octanol–water partition coefficient (Wildman–Crippen LogP) is 2.79. The van der Waals surface area contributed by atoms with Gasteiger partial charge in [-0.25, -0.2) is 26.7 Å². The van der Waals surface area contributed by atoms with Crippen LogP contribution >= 0.6 is 0 Å². The molecule has 0 aliphatic heterocycles. The number of carboxylic acid groups (broad SMARTS) is 2. The SMILES string of the molecule is NC(N)=NCCCC(NC(=O)C(CC(=O)C(Cc1ccccc1)NC(=O)Cc1c(F)c(F)c(F)c(F)c1F)Cc1ccccc1)C(=O)CCC(=O)NC(CCC(=O)O)C(=O)O. The first-order chi connectivity index (χ1) is 28.9. The second kappa shape index (κ2) is 23.8. The lowest BCUT2D eigenvalue weighted by Crippen LogP contribution is -2.47. The van der Waals surface area contributed by atoms with Crippen LogP contribution in [0.3, 0.4) is 0 Å². The molecule has 0 saturated heterocycles. The molecule has 61 heavy (non-hydrogen) atoms. The van der Waals surface area contributed by atoms with E-state index in [0.29, 0.717) is 11.1 Å². The summed E-state index contributed by atoms with van der Waals surface area (Å²) in [6.45, 7) is 0.0319. The molecule has 0 radical (unpaired) electrons. The van der Waals surface area contributed by atoms with E-state index in [2.05, 4.69) is 20.9 Å². The van der Waals surface area contributed by atoms with Crippen LogP contribution in [0.1, 0.15) is 61.6 Å². The number of aliphatic carboxylic acids is 2. The molecule has 0 spiro atoms. The fourth-order valence-corrected chi connectivity index (χ4v) is 6.16. The molecule has 0 bridgehead atoms. The van der Waals surface area contributed by atoms with Crippen LogP contribution in [-0.2, 0) is 52.8 Å². The maximum atomic E-state index is 14.5. The van der Waals surface area contributed by atoms with Crippen LogP contribution in [0.4, 0.5) is 22.0 Å². The van der Waals surface area contributed by atoms with E-state index in [-0.39, 0.29) is 38.2 Å². The number of amides is 3. The summed E-state index contributed by atoms with van der Waals surface area (Å²) in [5.41, 5.74) is 10.4. The topological polar surface area (TPSA) is 260 Å². The summed E-state index contributed by atoms with van der Waals surface area (Å²) in [6, 6.07) is 12.2. The summed E-state index contributed by atoms with van der Waals surface area (Å²) >= 11 is 0. The number of carboxylic acids is 2. The molecule has 0 aromatic heterocycles. The average molecular weight is 861 g/mol. The molecule has 0 fully saturated rings.